The van der Waals surface area contributed by atoms with E-state index in [-0.39, 0.29) is 12.5 Å². The minimum absolute atomic E-state index is 0.255. The van der Waals surface area contributed by atoms with E-state index >= 15 is 0 Å². The second-order valence-corrected chi connectivity index (χ2v) is 5.98. The summed E-state index contributed by atoms with van der Waals surface area (Å²) in [6.07, 6.45) is -2.91. The number of carbonyl (C=O) groups is 3. The Kier molecular flexibility index (Phi) is 7.19. The highest BCUT2D eigenvalue weighted by molar-refractivity contribution is 6.03. The van der Waals surface area contributed by atoms with E-state index in [0.717, 1.165) is 5.57 Å². The predicted octanol–water partition coefficient (Wildman–Crippen LogP) is 0.923. The fourth-order valence-electron chi connectivity index (χ4n) is 2.91. The van der Waals surface area contributed by atoms with Crippen molar-refractivity contribution in [2.75, 3.05) is 6.61 Å². The van der Waals surface area contributed by atoms with Gasteiger partial charge in [0.1, 0.15) is 5.71 Å². The predicted molar refractivity (Wildman–Crippen MR) is 88.8 cm³/mol. The molecule has 3 atom stereocenters. The van der Waals surface area contributed by atoms with Gasteiger partial charge in [-0.1, -0.05) is 11.2 Å². The molecule has 2 aliphatic carbocycles. The molecular weight excluding hydrogens is 387 g/mol. The number of rotatable bonds is 4. The molecule has 0 aromatic carbocycles. The van der Waals surface area contributed by atoms with Gasteiger partial charge in [0.25, 0.3) is 0 Å². The van der Waals surface area contributed by atoms with Gasteiger partial charge in [-0.3, -0.25) is 9.59 Å². The van der Waals surface area contributed by atoms with Gasteiger partial charge >= 0.3 is 18.1 Å². The van der Waals surface area contributed by atoms with Crippen LogP contribution >= 0.6 is 0 Å². The number of hydrogen-bond acceptors (Lipinski definition) is 7. The lowest BCUT2D eigenvalue weighted by molar-refractivity contribution is -0.192. The molecule has 0 saturated heterocycles. The summed E-state index contributed by atoms with van der Waals surface area (Å²) in [5, 5.41) is 19.1. The van der Waals surface area contributed by atoms with Gasteiger partial charge in [0.2, 0.25) is 5.91 Å². The Morgan fingerprint density at radius 1 is 1.32 bits per heavy atom. The maximum absolute atomic E-state index is 11.9. The van der Waals surface area contributed by atoms with Crippen molar-refractivity contribution in [3.8, 4) is 0 Å². The topological polar surface area (TPSA) is 165 Å². The fraction of sp³-hybridized carbons (Fsp3) is 0.500. The summed E-state index contributed by atoms with van der Waals surface area (Å²) in [4.78, 5) is 32.3. The van der Waals surface area contributed by atoms with Crippen molar-refractivity contribution >= 4 is 23.6 Å². The normalized spacial score (nSPS) is 25.4. The van der Waals surface area contributed by atoms with E-state index in [1.165, 1.54) is 0 Å². The van der Waals surface area contributed by atoms with Crippen molar-refractivity contribution in [3.05, 3.63) is 22.9 Å². The van der Waals surface area contributed by atoms with E-state index in [0.29, 0.717) is 23.4 Å². The highest BCUT2D eigenvalue weighted by Gasteiger charge is 2.61. The third-order valence-corrected chi connectivity index (χ3v) is 4.29. The summed E-state index contributed by atoms with van der Waals surface area (Å²) >= 11 is 0. The minimum atomic E-state index is -5.08. The first-order valence-corrected chi connectivity index (χ1v) is 8.02. The summed E-state index contributed by atoms with van der Waals surface area (Å²) in [6, 6.07) is 0. The lowest BCUT2D eigenvalue weighted by atomic mass is 9.90. The zero-order valence-corrected chi connectivity index (χ0v) is 15.0. The number of alkyl halides is 3. The molecule has 2 rings (SSSR count). The molecule has 2 aliphatic rings. The molecule has 0 radical (unpaired) electrons. The van der Waals surface area contributed by atoms with Crippen LogP contribution in [0.25, 0.3) is 0 Å². The number of carboxylic acid groups (broad SMARTS) is 1. The lowest BCUT2D eigenvalue weighted by Crippen LogP contribution is -2.21. The molecule has 1 fully saturated rings. The van der Waals surface area contributed by atoms with Crippen LogP contribution in [-0.4, -0.2) is 46.7 Å². The van der Waals surface area contributed by atoms with Crippen LogP contribution in [0.5, 0.6) is 0 Å². The second-order valence-electron chi connectivity index (χ2n) is 5.98. The molecule has 0 aromatic rings. The monoisotopic (exact) mass is 407 g/mol. The molecule has 0 aliphatic heterocycles. The van der Waals surface area contributed by atoms with Gasteiger partial charge in [-0.25, -0.2) is 4.79 Å². The van der Waals surface area contributed by atoms with Crippen molar-refractivity contribution in [2.45, 2.75) is 26.4 Å². The largest absolute Gasteiger partial charge is 0.490 e. The fourth-order valence-corrected chi connectivity index (χ4v) is 2.91. The number of allylic oxidation sites excluding steroid dienone is 4. The second kappa shape index (κ2) is 8.76. The lowest BCUT2D eigenvalue weighted by Gasteiger charge is -2.17. The van der Waals surface area contributed by atoms with Crippen molar-refractivity contribution in [1.29, 1.82) is 0 Å². The molecule has 0 aromatic heterocycles. The number of carbonyl (C=O) groups excluding carboxylic acids is 2. The van der Waals surface area contributed by atoms with E-state index in [4.69, 9.17) is 31.3 Å². The molecule has 0 unspecified atom stereocenters. The van der Waals surface area contributed by atoms with Crippen LogP contribution in [0.2, 0.25) is 0 Å². The summed E-state index contributed by atoms with van der Waals surface area (Å²) < 4.78 is 36.7. The number of carboxylic acids is 1. The Bertz CT molecular complexity index is 757. The molecular formula is C16H20F3N3O6. The number of primary amides is 1. The molecule has 156 valence electrons. The summed E-state index contributed by atoms with van der Waals surface area (Å²) in [6.45, 7) is 3.73. The number of ether oxygens (including phenoxy) is 1. The molecule has 1 amide bonds. The summed E-state index contributed by atoms with van der Waals surface area (Å²) in [7, 11) is 0. The van der Waals surface area contributed by atoms with E-state index < -0.39 is 35.9 Å². The third-order valence-electron chi connectivity index (χ3n) is 4.29. The molecule has 0 bridgehead atoms. The molecule has 0 heterocycles. The average molecular weight is 407 g/mol. The Labute approximate surface area is 157 Å². The third kappa shape index (κ3) is 5.02. The van der Waals surface area contributed by atoms with E-state index in [2.05, 4.69) is 5.16 Å². The average Bonchev–Trinajstić information content (AvgIpc) is 3.33. The SMILES string of the molecule is CCOC(=O)[C@@H]1[C@@H](C(N)=O)[C@H]1C1=CCC(=NO)C(N)=C1C.O=C(O)C(F)(F)F. The standard InChI is InChI=1S/C14H19N3O4.C2HF3O2/c1-3-21-14(19)11-9(10(11)13(16)18)7-4-5-8(17-20)12(15)6(7)2;3-2(4,5)1(6)7/h4,9-11,20H,3,5,15H2,1-2H3,(H2,16,18);(H,6,7)/t9-,10+,11+;/m1./s1. The first-order valence-electron chi connectivity index (χ1n) is 8.02. The number of nitrogens with zero attached hydrogens (tertiary/aromatic N) is 1. The zero-order chi connectivity index (χ0) is 21.8. The number of oxime groups is 1. The first kappa shape index (κ1) is 23.0. The highest BCUT2D eigenvalue weighted by Crippen LogP contribution is 2.54. The number of hydrogen-bond donors (Lipinski definition) is 4. The maximum Gasteiger partial charge on any atom is 0.490 e. The first-order chi connectivity index (χ1) is 12.9. The Morgan fingerprint density at radius 3 is 2.25 bits per heavy atom. The van der Waals surface area contributed by atoms with Crippen LogP contribution in [0.15, 0.2) is 28.1 Å². The number of esters is 1. The maximum atomic E-state index is 11.9. The van der Waals surface area contributed by atoms with Crippen LogP contribution in [-0.2, 0) is 19.1 Å². The van der Waals surface area contributed by atoms with Gasteiger partial charge in [-0.2, -0.15) is 13.2 Å². The van der Waals surface area contributed by atoms with Gasteiger partial charge in [0.15, 0.2) is 0 Å². The number of halogens is 3. The molecule has 28 heavy (non-hydrogen) atoms. The summed E-state index contributed by atoms with van der Waals surface area (Å²) in [5.74, 6) is -5.12. The van der Waals surface area contributed by atoms with E-state index in [9.17, 15) is 22.8 Å². The number of nitrogens with two attached hydrogens (primary N) is 2. The van der Waals surface area contributed by atoms with Gasteiger partial charge in [-0.05, 0) is 25.0 Å². The zero-order valence-electron chi connectivity index (χ0n) is 15.0. The molecule has 6 N–H and O–H groups in total. The summed E-state index contributed by atoms with van der Waals surface area (Å²) in [5.41, 5.74) is 13.5. The smallest absolute Gasteiger partial charge is 0.475 e. The van der Waals surface area contributed by atoms with Crippen LogP contribution in [0.3, 0.4) is 0 Å². The van der Waals surface area contributed by atoms with Crippen molar-refractivity contribution in [2.24, 2.45) is 34.4 Å². The highest BCUT2D eigenvalue weighted by atomic mass is 19.4. The van der Waals surface area contributed by atoms with Crippen molar-refractivity contribution in [1.82, 2.24) is 0 Å². The molecule has 9 nitrogen and oxygen atoms in total. The Hall–Kier alpha value is -3.05. The minimum Gasteiger partial charge on any atom is -0.475 e. The van der Waals surface area contributed by atoms with Gasteiger partial charge in [0, 0.05) is 12.3 Å². The Balaban J connectivity index is 0.000000480. The van der Waals surface area contributed by atoms with Crippen molar-refractivity contribution in [3.63, 3.8) is 0 Å². The van der Waals surface area contributed by atoms with Gasteiger partial charge in [0.05, 0.1) is 24.1 Å². The van der Waals surface area contributed by atoms with Gasteiger partial charge < -0.3 is 26.5 Å². The quantitative estimate of drug-likeness (QED) is 0.305. The van der Waals surface area contributed by atoms with Crippen LogP contribution < -0.4 is 11.5 Å². The molecule has 12 heteroatoms. The van der Waals surface area contributed by atoms with Crippen LogP contribution in [0.4, 0.5) is 13.2 Å². The number of aliphatic carboxylic acids is 1. The van der Waals surface area contributed by atoms with E-state index in [1.54, 1.807) is 13.8 Å². The van der Waals surface area contributed by atoms with Crippen LogP contribution in [0.1, 0.15) is 20.3 Å². The van der Waals surface area contributed by atoms with E-state index in [1.807, 2.05) is 6.08 Å². The molecule has 1 saturated carbocycles. The Morgan fingerprint density at radius 2 is 1.86 bits per heavy atom. The molecule has 0 spiro atoms. The van der Waals surface area contributed by atoms with Gasteiger partial charge in [-0.15, -0.1) is 0 Å². The number of amides is 1. The van der Waals surface area contributed by atoms with Crippen LogP contribution in [0, 0.1) is 17.8 Å². The van der Waals surface area contributed by atoms with Crippen molar-refractivity contribution < 1.29 is 42.6 Å².